The van der Waals surface area contributed by atoms with Crippen molar-refractivity contribution in [2.24, 2.45) is 0 Å². The second-order valence-corrected chi connectivity index (χ2v) is 3.71. The highest BCUT2D eigenvalue weighted by molar-refractivity contribution is 5.86. The van der Waals surface area contributed by atoms with Gasteiger partial charge in [0.15, 0.2) is 5.88 Å². The second-order valence-electron chi connectivity index (χ2n) is 3.71. The van der Waals surface area contributed by atoms with Crippen LogP contribution < -0.4 is 0 Å². The van der Waals surface area contributed by atoms with E-state index in [0.29, 0.717) is 11.8 Å². The summed E-state index contributed by atoms with van der Waals surface area (Å²) in [4.78, 5) is 3.00. The van der Waals surface area contributed by atoms with Crippen molar-refractivity contribution in [2.75, 3.05) is 0 Å². The van der Waals surface area contributed by atoms with Crippen LogP contribution in [0, 0.1) is 0 Å². The number of para-hydroxylation sites is 1. The van der Waals surface area contributed by atoms with Crippen LogP contribution in [-0.4, -0.2) is 10.1 Å². The summed E-state index contributed by atoms with van der Waals surface area (Å²) in [7, 11) is 0. The molecule has 1 heterocycles. The van der Waals surface area contributed by atoms with E-state index in [0.717, 1.165) is 11.1 Å². The molecule has 0 aliphatic heterocycles. The fourth-order valence-corrected chi connectivity index (χ4v) is 1.93. The quantitative estimate of drug-likeness (QED) is 0.683. The summed E-state index contributed by atoms with van der Waals surface area (Å²) in [6.07, 6.45) is 2.44. The molecule has 0 radical (unpaired) electrons. The van der Waals surface area contributed by atoms with Crippen molar-refractivity contribution in [1.82, 2.24) is 4.98 Å². The summed E-state index contributed by atoms with van der Waals surface area (Å²) in [6, 6.07) is 8.07. The van der Waals surface area contributed by atoms with Crippen LogP contribution in [-0.2, 0) is 0 Å². The molecule has 0 bridgehead atoms. The van der Waals surface area contributed by atoms with Gasteiger partial charge in [0, 0.05) is 16.5 Å². The van der Waals surface area contributed by atoms with Crippen LogP contribution in [0.2, 0.25) is 0 Å². The summed E-state index contributed by atoms with van der Waals surface area (Å²) < 4.78 is 0. The molecule has 0 amide bonds. The van der Waals surface area contributed by atoms with E-state index in [-0.39, 0.29) is 0 Å². The van der Waals surface area contributed by atoms with Crippen molar-refractivity contribution < 1.29 is 5.11 Å². The van der Waals surface area contributed by atoms with Gasteiger partial charge in [0.25, 0.3) is 0 Å². The van der Waals surface area contributed by atoms with E-state index in [1.54, 1.807) is 0 Å². The molecular weight excluding hydrogens is 162 g/mol. The molecule has 0 spiro atoms. The number of benzene rings is 1. The standard InChI is InChI=1S/C11H11NO/c13-11-10(7-5-6-7)8-3-1-2-4-9(8)12-11/h1-4,7,12-13H,5-6H2. The summed E-state index contributed by atoms with van der Waals surface area (Å²) in [5, 5.41) is 10.9. The van der Waals surface area contributed by atoms with E-state index in [4.69, 9.17) is 0 Å². The Kier molecular flexibility index (Phi) is 1.23. The smallest absolute Gasteiger partial charge is 0.192 e. The molecule has 0 saturated heterocycles. The van der Waals surface area contributed by atoms with Crippen LogP contribution in [0.4, 0.5) is 0 Å². The summed E-state index contributed by atoms with van der Waals surface area (Å²) in [6.45, 7) is 0. The Labute approximate surface area is 76.2 Å². The zero-order valence-electron chi connectivity index (χ0n) is 7.25. The first kappa shape index (κ1) is 7.01. The molecule has 1 aromatic carbocycles. The van der Waals surface area contributed by atoms with E-state index >= 15 is 0 Å². The first-order chi connectivity index (χ1) is 6.36. The van der Waals surface area contributed by atoms with Gasteiger partial charge in [-0.15, -0.1) is 0 Å². The molecule has 1 saturated carbocycles. The highest BCUT2D eigenvalue weighted by atomic mass is 16.3. The molecule has 2 heteroatoms. The third kappa shape index (κ3) is 0.949. The van der Waals surface area contributed by atoms with Crippen molar-refractivity contribution in [3.05, 3.63) is 29.8 Å². The van der Waals surface area contributed by atoms with E-state index < -0.39 is 0 Å². The summed E-state index contributed by atoms with van der Waals surface area (Å²) >= 11 is 0. The van der Waals surface area contributed by atoms with Crippen molar-refractivity contribution >= 4 is 10.9 Å². The monoisotopic (exact) mass is 173 g/mol. The molecule has 1 aliphatic rings. The van der Waals surface area contributed by atoms with E-state index in [2.05, 4.69) is 11.1 Å². The number of H-pyrrole nitrogens is 1. The number of rotatable bonds is 1. The number of aromatic nitrogens is 1. The van der Waals surface area contributed by atoms with Crippen molar-refractivity contribution in [1.29, 1.82) is 0 Å². The SMILES string of the molecule is Oc1[nH]c2ccccc2c1C1CC1. The number of fused-ring (bicyclic) bond motifs is 1. The zero-order chi connectivity index (χ0) is 8.84. The molecule has 13 heavy (non-hydrogen) atoms. The average molecular weight is 173 g/mol. The summed E-state index contributed by atoms with van der Waals surface area (Å²) in [5.74, 6) is 0.958. The van der Waals surface area contributed by atoms with Crippen LogP contribution >= 0.6 is 0 Å². The Morgan fingerprint density at radius 1 is 1.23 bits per heavy atom. The predicted octanol–water partition coefficient (Wildman–Crippen LogP) is 2.75. The van der Waals surface area contributed by atoms with Gasteiger partial charge in [-0.05, 0) is 24.8 Å². The topological polar surface area (TPSA) is 36.0 Å². The van der Waals surface area contributed by atoms with Crippen LogP contribution in [0.15, 0.2) is 24.3 Å². The lowest BCUT2D eigenvalue weighted by atomic mass is 10.1. The molecule has 0 atom stereocenters. The Balaban J connectivity index is 2.35. The lowest BCUT2D eigenvalue weighted by Crippen LogP contribution is -1.75. The Hall–Kier alpha value is -1.44. The highest BCUT2D eigenvalue weighted by Crippen LogP contribution is 2.47. The van der Waals surface area contributed by atoms with Gasteiger partial charge >= 0.3 is 0 Å². The zero-order valence-corrected chi connectivity index (χ0v) is 7.25. The Morgan fingerprint density at radius 2 is 2.00 bits per heavy atom. The molecule has 2 aromatic rings. The average Bonchev–Trinajstić information content (AvgIpc) is 2.88. The minimum absolute atomic E-state index is 0.365. The van der Waals surface area contributed by atoms with Crippen molar-refractivity contribution in [2.45, 2.75) is 18.8 Å². The molecule has 1 aromatic heterocycles. The first-order valence-corrected chi connectivity index (χ1v) is 4.66. The van der Waals surface area contributed by atoms with Crippen LogP contribution in [0.3, 0.4) is 0 Å². The van der Waals surface area contributed by atoms with E-state index in [1.165, 1.54) is 18.2 Å². The normalized spacial score (nSPS) is 16.6. The Bertz CT molecular complexity index is 454. The second kappa shape index (κ2) is 2.28. The number of hydrogen-bond donors (Lipinski definition) is 2. The maximum Gasteiger partial charge on any atom is 0.192 e. The van der Waals surface area contributed by atoms with Gasteiger partial charge in [0.05, 0.1) is 0 Å². The largest absolute Gasteiger partial charge is 0.494 e. The minimum atomic E-state index is 0.365. The first-order valence-electron chi connectivity index (χ1n) is 4.66. The van der Waals surface area contributed by atoms with Gasteiger partial charge < -0.3 is 10.1 Å². The van der Waals surface area contributed by atoms with Gasteiger partial charge in [-0.2, -0.15) is 0 Å². The predicted molar refractivity (Wildman–Crippen MR) is 51.9 cm³/mol. The minimum Gasteiger partial charge on any atom is -0.494 e. The lowest BCUT2D eigenvalue weighted by molar-refractivity contribution is 0.452. The number of aromatic hydroxyl groups is 1. The van der Waals surface area contributed by atoms with Gasteiger partial charge in [-0.3, -0.25) is 0 Å². The number of hydrogen-bond acceptors (Lipinski definition) is 1. The molecule has 2 N–H and O–H groups in total. The fourth-order valence-electron chi connectivity index (χ4n) is 1.93. The maximum absolute atomic E-state index is 9.69. The van der Waals surface area contributed by atoms with E-state index in [1.807, 2.05) is 18.2 Å². The third-order valence-electron chi connectivity index (χ3n) is 2.71. The maximum atomic E-state index is 9.69. The molecule has 2 nitrogen and oxygen atoms in total. The molecule has 66 valence electrons. The van der Waals surface area contributed by atoms with Gasteiger partial charge in [-0.1, -0.05) is 18.2 Å². The number of aromatic amines is 1. The van der Waals surface area contributed by atoms with Crippen LogP contribution in [0.5, 0.6) is 5.88 Å². The molecule has 0 unspecified atom stereocenters. The molecule has 1 fully saturated rings. The van der Waals surface area contributed by atoms with Crippen LogP contribution in [0.1, 0.15) is 24.3 Å². The van der Waals surface area contributed by atoms with Gasteiger partial charge in [0.2, 0.25) is 0 Å². The fraction of sp³-hybridized carbons (Fsp3) is 0.273. The van der Waals surface area contributed by atoms with Crippen molar-refractivity contribution in [3.63, 3.8) is 0 Å². The van der Waals surface area contributed by atoms with E-state index in [9.17, 15) is 5.11 Å². The van der Waals surface area contributed by atoms with Crippen LogP contribution in [0.25, 0.3) is 10.9 Å². The Morgan fingerprint density at radius 3 is 2.77 bits per heavy atom. The molecule has 1 aliphatic carbocycles. The van der Waals surface area contributed by atoms with Gasteiger partial charge in [-0.25, -0.2) is 0 Å². The lowest BCUT2D eigenvalue weighted by Gasteiger charge is -1.94. The van der Waals surface area contributed by atoms with Gasteiger partial charge in [0.1, 0.15) is 0 Å². The number of nitrogens with one attached hydrogen (secondary N) is 1. The molecule has 3 rings (SSSR count). The third-order valence-corrected chi connectivity index (χ3v) is 2.71. The molecular formula is C11H11NO. The van der Waals surface area contributed by atoms with Crippen molar-refractivity contribution in [3.8, 4) is 5.88 Å². The summed E-state index contributed by atoms with van der Waals surface area (Å²) in [5.41, 5.74) is 2.16. The highest BCUT2D eigenvalue weighted by Gasteiger charge is 2.29.